The molecule has 92 valence electrons. The van der Waals surface area contributed by atoms with Crippen molar-refractivity contribution in [1.29, 1.82) is 0 Å². The van der Waals surface area contributed by atoms with Crippen LogP contribution in [0.4, 0.5) is 0 Å². The lowest BCUT2D eigenvalue weighted by Crippen LogP contribution is -2.15. The van der Waals surface area contributed by atoms with E-state index in [4.69, 9.17) is 4.74 Å². The van der Waals surface area contributed by atoms with Gasteiger partial charge in [-0.25, -0.2) is 9.97 Å². The predicted octanol–water partition coefficient (Wildman–Crippen LogP) is 3.11. The first kappa shape index (κ1) is 10.5. The molecular weight excluding hydrogens is 236 g/mol. The minimum atomic E-state index is 0.131. The summed E-state index contributed by atoms with van der Waals surface area (Å²) in [6.07, 6.45) is 12.0. The van der Waals surface area contributed by atoms with Crippen molar-refractivity contribution in [3.05, 3.63) is 66.5 Å². The monoisotopic (exact) mass is 248 g/mol. The van der Waals surface area contributed by atoms with Crippen molar-refractivity contribution in [2.75, 3.05) is 0 Å². The standard InChI is InChI=1S/C16H12N2O/c1-2-5-14-12(4-1)13-7-6-11(10-15(13)19-14)16-17-8-3-9-18-16/h1-10,12,14H. The Bertz CT molecular complexity index is 676. The highest BCUT2D eigenvalue weighted by molar-refractivity contribution is 5.61. The molecule has 0 N–H and O–H groups in total. The van der Waals surface area contributed by atoms with Gasteiger partial charge in [0, 0.05) is 29.4 Å². The van der Waals surface area contributed by atoms with Crippen molar-refractivity contribution in [1.82, 2.24) is 9.97 Å². The van der Waals surface area contributed by atoms with E-state index in [-0.39, 0.29) is 6.10 Å². The average molecular weight is 248 g/mol. The number of hydrogen-bond donors (Lipinski definition) is 0. The van der Waals surface area contributed by atoms with E-state index >= 15 is 0 Å². The lowest BCUT2D eigenvalue weighted by atomic mass is 9.91. The minimum Gasteiger partial charge on any atom is -0.485 e. The van der Waals surface area contributed by atoms with Crippen LogP contribution in [0, 0.1) is 0 Å². The van der Waals surface area contributed by atoms with Crippen molar-refractivity contribution in [3.63, 3.8) is 0 Å². The molecule has 0 spiro atoms. The fourth-order valence-corrected chi connectivity index (χ4v) is 2.63. The largest absolute Gasteiger partial charge is 0.485 e. The van der Waals surface area contributed by atoms with Gasteiger partial charge in [-0.2, -0.15) is 0 Å². The molecule has 1 aromatic heterocycles. The maximum atomic E-state index is 5.98. The zero-order chi connectivity index (χ0) is 12.7. The Morgan fingerprint density at radius 3 is 2.74 bits per heavy atom. The molecule has 3 heteroatoms. The van der Waals surface area contributed by atoms with Crippen molar-refractivity contribution in [2.45, 2.75) is 12.0 Å². The molecule has 4 rings (SSSR count). The molecule has 2 unspecified atom stereocenters. The van der Waals surface area contributed by atoms with Crippen molar-refractivity contribution in [2.24, 2.45) is 0 Å². The van der Waals surface area contributed by atoms with Gasteiger partial charge in [0.05, 0.1) is 0 Å². The summed E-state index contributed by atoms with van der Waals surface area (Å²) in [6.45, 7) is 0. The molecule has 2 heterocycles. The summed E-state index contributed by atoms with van der Waals surface area (Å²) in [5, 5.41) is 0. The van der Waals surface area contributed by atoms with Gasteiger partial charge in [-0.05, 0) is 18.2 Å². The summed E-state index contributed by atoms with van der Waals surface area (Å²) in [5.74, 6) is 2.01. The zero-order valence-corrected chi connectivity index (χ0v) is 10.2. The van der Waals surface area contributed by atoms with E-state index in [9.17, 15) is 0 Å². The van der Waals surface area contributed by atoms with Crippen LogP contribution in [0.15, 0.2) is 61.0 Å². The highest BCUT2D eigenvalue weighted by Crippen LogP contribution is 2.42. The Hall–Kier alpha value is -2.42. The van der Waals surface area contributed by atoms with Gasteiger partial charge in [0.1, 0.15) is 11.9 Å². The maximum absolute atomic E-state index is 5.98. The fraction of sp³-hybridized carbons (Fsp3) is 0.125. The van der Waals surface area contributed by atoms with Crippen molar-refractivity contribution < 1.29 is 4.74 Å². The normalized spacial score (nSPS) is 22.7. The summed E-state index contributed by atoms with van der Waals surface area (Å²) < 4.78 is 5.98. The quantitative estimate of drug-likeness (QED) is 0.777. The van der Waals surface area contributed by atoms with Crippen LogP contribution in [-0.4, -0.2) is 16.1 Å². The van der Waals surface area contributed by atoms with Gasteiger partial charge in [0.15, 0.2) is 5.82 Å². The molecule has 3 nitrogen and oxygen atoms in total. The Morgan fingerprint density at radius 1 is 1.00 bits per heavy atom. The lowest BCUT2D eigenvalue weighted by molar-refractivity contribution is 0.269. The first-order valence-corrected chi connectivity index (χ1v) is 6.35. The summed E-state index contributed by atoms with van der Waals surface area (Å²) in [6, 6.07) is 8.03. The Kier molecular flexibility index (Phi) is 2.24. The summed E-state index contributed by atoms with van der Waals surface area (Å²) >= 11 is 0. The number of fused-ring (bicyclic) bond motifs is 3. The molecule has 2 aromatic rings. The Morgan fingerprint density at radius 2 is 1.84 bits per heavy atom. The maximum Gasteiger partial charge on any atom is 0.159 e. The third kappa shape index (κ3) is 1.66. The third-order valence-electron chi connectivity index (χ3n) is 3.54. The molecular formula is C16H12N2O. The van der Waals surface area contributed by atoms with Gasteiger partial charge in [-0.1, -0.05) is 30.4 Å². The van der Waals surface area contributed by atoms with Gasteiger partial charge in [0.25, 0.3) is 0 Å². The smallest absolute Gasteiger partial charge is 0.159 e. The zero-order valence-electron chi connectivity index (χ0n) is 10.2. The van der Waals surface area contributed by atoms with Gasteiger partial charge in [-0.15, -0.1) is 0 Å². The molecule has 1 aromatic carbocycles. The number of rotatable bonds is 1. The van der Waals surface area contributed by atoms with E-state index in [0.29, 0.717) is 5.92 Å². The van der Waals surface area contributed by atoms with Crippen molar-refractivity contribution >= 4 is 0 Å². The second-order valence-electron chi connectivity index (χ2n) is 4.70. The highest BCUT2D eigenvalue weighted by atomic mass is 16.5. The van der Waals surface area contributed by atoms with E-state index in [0.717, 1.165) is 17.1 Å². The topological polar surface area (TPSA) is 35.0 Å². The molecule has 1 aliphatic heterocycles. The number of aromatic nitrogens is 2. The van der Waals surface area contributed by atoms with Crippen LogP contribution in [0.2, 0.25) is 0 Å². The number of benzene rings is 1. The molecule has 2 atom stereocenters. The predicted molar refractivity (Wildman–Crippen MR) is 72.9 cm³/mol. The van der Waals surface area contributed by atoms with E-state index in [1.807, 2.05) is 18.2 Å². The summed E-state index contributed by atoms with van der Waals surface area (Å²) in [7, 11) is 0. The molecule has 0 radical (unpaired) electrons. The molecule has 2 aliphatic rings. The van der Waals surface area contributed by atoms with Gasteiger partial charge in [-0.3, -0.25) is 0 Å². The number of allylic oxidation sites excluding steroid dienone is 2. The van der Waals surface area contributed by atoms with Crippen LogP contribution in [0.5, 0.6) is 5.75 Å². The van der Waals surface area contributed by atoms with Crippen LogP contribution < -0.4 is 4.74 Å². The summed E-state index contributed by atoms with van der Waals surface area (Å²) in [4.78, 5) is 8.54. The first-order valence-electron chi connectivity index (χ1n) is 6.35. The van der Waals surface area contributed by atoms with Gasteiger partial charge in [0.2, 0.25) is 0 Å². The van der Waals surface area contributed by atoms with E-state index in [1.165, 1.54) is 5.56 Å². The number of hydrogen-bond acceptors (Lipinski definition) is 3. The van der Waals surface area contributed by atoms with Crippen LogP contribution in [0.1, 0.15) is 11.5 Å². The highest BCUT2D eigenvalue weighted by Gasteiger charge is 2.32. The second-order valence-corrected chi connectivity index (χ2v) is 4.70. The van der Waals surface area contributed by atoms with Gasteiger partial charge >= 0.3 is 0 Å². The van der Waals surface area contributed by atoms with Crippen molar-refractivity contribution in [3.8, 4) is 17.1 Å². The van der Waals surface area contributed by atoms with Crippen LogP contribution >= 0.6 is 0 Å². The summed E-state index contributed by atoms with van der Waals surface area (Å²) in [5.41, 5.74) is 2.23. The second kappa shape index (κ2) is 4.05. The molecule has 0 saturated heterocycles. The van der Waals surface area contributed by atoms with Gasteiger partial charge < -0.3 is 4.74 Å². The number of nitrogens with zero attached hydrogens (tertiary/aromatic N) is 2. The van der Waals surface area contributed by atoms with E-state index in [1.54, 1.807) is 12.4 Å². The fourth-order valence-electron chi connectivity index (χ4n) is 2.63. The molecule has 0 amide bonds. The minimum absolute atomic E-state index is 0.131. The molecule has 0 saturated carbocycles. The third-order valence-corrected chi connectivity index (χ3v) is 3.54. The molecule has 0 bridgehead atoms. The van der Waals surface area contributed by atoms with E-state index < -0.39 is 0 Å². The Balaban J connectivity index is 1.77. The molecule has 19 heavy (non-hydrogen) atoms. The number of ether oxygens (including phenoxy) is 1. The van der Waals surface area contributed by atoms with Crippen LogP contribution in [0.3, 0.4) is 0 Å². The SMILES string of the molecule is C1=CC2Oc3cc(-c4ncccn4)ccc3C2C=C1. The first-order chi connectivity index (χ1) is 9.42. The Labute approximate surface area is 111 Å². The molecule has 0 fully saturated rings. The average Bonchev–Trinajstić information content (AvgIpc) is 2.86. The molecule has 1 aliphatic carbocycles. The lowest BCUT2D eigenvalue weighted by Gasteiger charge is -2.13. The van der Waals surface area contributed by atoms with Crippen LogP contribution in [-0.2, 0) is 0 Å². The van der Waals surface area contributed by atoms with E-state index in [2.05, 4.69) is 40.3 Å². The van der Waals surface area contributed by atoms with Crippen LogP contribution in [0.25, 0.3) is 11.4 Å².